The summed E-state index contributed by atoms with van der Waals surface area (Å²) in [5.74, 6) is 0.607. The van der Waals surface area contributed by atoms with E-state index in [9.17, 15) is 9.59 Å². The summed E-state index contributed by atoms with van der Waals surface area (Å²) in [5, 5.41) is 6.68. The zero-order valence-electron chi connectivity index (χ0n) is 16.6. The molecule has 30 heavy (non-hydrogen) atoms. The van der Waals surface area contributed by atoms with E-state index >= 15 is 0 Å². The molecule has 152 valence electrons. The molecule has 1 aliphatic heterocycles. The number of hydrogen-bond acceptors (Lipinski definition) is 4. The number of carbonyl (C=O) groups is 2. The highest BCUT2D eigenvalue weighted by molar-refractivity contribution is 7.99. The van der Waals surface area contributed by atoms with Gasteiger partial charge in [0, 0.05) is 36.3 Å². The monoisotopic (exact) mass is 418 g/mol. The van der Waals surface area contributed by atoms with Crippen molar-refractivity contribution in [2.45, 2.75) is 18.5 Å². The van der Waals surface area contributed by atoms with Crippen molar-refractivity contribution < 1.29 is 9.59 Å². The van der Waals surface area contributed by atoms with Gasteiger partial charge in [-0.25, -0.2) is 9.78 Å². The van der Waals surface area contributed by atoms with Gasteiger partial charge >= 0.3 is 6.03 Å². The first kappa shape index (κ1) is 20.0. The quantitative estimate of drug-likeness (QED) is 0.656. The summed E-state index contributed by atoms with van der Waals surface area (Å²) in [6, 6.07) is 18.5. The van der Waals surface area contributed by atoms with E-state index < -0.39 is 0 Å². The van der Waals surface area contributed by atoms with E-state index in [0.29, 0.717) is 24.3 Å². The van der Waals surface area contributed by atoms with Crippen molar-refractivity contribution in [3.8, 4) is 0 Å². The van der Waals surface area contributed by atoms with E-state index in [1.54, 1.807) is 47.1 Å². The molecule has 0 atom stereocenters. The standard InChI is InChI=1S/C23H22N4O2S/c1-16-5-2-6-17(13-16)15-25-21(28)18-7-3-8-19(14-18)26-23(29)27-11-12-30-22-20(27)9-4-10-24-22/h2-10,13-14H,11-12,15H2,1H3,(H,25,28)(H,26,29). The van der Waals surface area contributed by atoms with E-state index in [2.05, 4.69) is 15.6 Å². The molecule has 0 bridgehead atoms. The molecular formula is C23H22N4O2S. The highest BCUT2D eigenvalue weighted by Gasteiger charge is 2.23. The first-order valence-corrected chi connectivity index (χ1v) is 10.7. The number of amides is 3. The van der Waals surface area contributed by atoms with Crippen LogP contribution < -0.4 is 15.5 Å². The van der Waals surface area contributed by atoms with Gasteiger partial charge in [0.15, 0.2) is 0 Å². The van der Waals surface area contributed by atoms with E-state index in [4.69, 9.17) is 0 Å². The maximum Gasteiger partial charge on any atom is 0.326 e. The first-order chi connectivity index (χ1) is 14.6. The number of aryl methyl sites for hydroxylation is 1. The van der Waals surface area contributed by atoms with Crippen LogP contribution in [0.5, 0.6) is 0 Å². The summed E-state index contributed by atoms with van der Waals surface area (Å²) in [7, 11) is 0. The van der Waals surface area contributed by atoms with Crippen LogP contribution in [0.4, 0.5) is 16.2 Å². The van der Waals surface area contributed by atoms with E-state index in [-0.39, 0.29) is 11.9 Å². The van der Waals surface area contributed by atoms with Gasteiger partial charge in [-0.1, -0.05) is 35.9 Å². The second-order valence-electron chi connectivity index (χ2n) is 7.01. The Morgan fingerprint density at radius 3 is 2.83 bits per heavy atom. The number of benzene rings is 2. The van der Waals surface area contributed by atoms with Crippen molar-refractivity contribution in [3.63, 3.8) is 0 Å². The third-order valence-electron chi connectivity index (χ3n) is 4.75. The number of thioether (sulfide) groups is 1. The Balaban J connectivity index is 1.42. The van der Waals surface area contributed by atoms with Crippen LogP contribution in [0.15, 0.2) is 71.9 Å². The number of anilines is 2. The molecule has 0 aliphatic carbocycles. The van der Waals surface area contributed by atoms with Crippen LogP contribution >= 0.6 is 11.8 Å². The zero-order chi connectivity index (χ0) is 20.9. The number of rotatable bonds is 4. The van der Waals surface area contributed by atoms with Crippen LogP contribution in [-0.2, 0) is 6.54 Å². The molecule has 6 nitrogen and oxygen atoms in total. The van der Waals surface area contributed by atoms with Crippen LogP contribution in [0, 0.1) is 6.92 Å². The second kappa shape index (κ2) is 9.00. The fourth-order valence-electron chi connectivity index (χ4n) is 3.30. The predicted octanol–water partition coefficient (Wildman–Crippen LogP) is 4.46. The van der Waals surface area contributed by atoms with Gasteiger partial charge in [-0.2, -0.15) is 0 Å². The molecule has 0 fully saturated rings. The van der Waals surface area contributed by atoms with Gasteiger partial charge in [0.05, 0.1) is 5.69 Å². The number of hydrogen-bond donors (Lipinski definition) is 2. The van der Waals surface area contributed by atoms with E-state index in [0.717, 1.165) is 27.6 Å². The molecular weight excluding hydrogens is 396 g/mol. The Hall–Kier alpha value is -3.32. The van der Waals surface area contributed by atoms with Gasteiger partial charge in [0.2, 0.25) is 0 Å². The normalized spacial score (nSPS) is 12.8. The summed E-state index contributed by atoms with van der Waals surface area (Å²) >= 11 is 1.64. The van der Waals surface area contributed by atoms with E-state index in [1.165, 1.54) is 0 Å². The topological polar surface area (TPSA) is 74.3 Å². The van der Waals surface area contributed by atoms with Crippen molar-refractivity contribution in [3.05, 3.63) is 83.6 Å². The smallest absolute Gasteiger partial charge is 0.326 e. The lowest BCUT2D eigenvalue weighted by atomic mass is 10.1. The van der Waals surface area contributed by atoms with Crippen LogP contribution in [0.25, 0.3) is 0 Å². The third kappa shape index (κ3) is 4.63. The summed E-state index contributed by atoms with van der Waals surface area (Å²) in [4.78, 5) is 31.4. The second-order valence-corrected chi connectivity index (χ2v) is 8.09. The summed E-state index contributed by atoms with van der Waals surface area (Å²) in [5.41, 5.74) is 4.07. The lowest BCUT2D eigenvalue weighted by Gasteiger charge is -2.28. The summed E-state index contributed by atoms with van der Waals surface area (Å²) in [6.45, 7) is 3.07. The van der Waals surface area contributed by atoms with Crippen LogP contribution in [-0.4, -0.2) is 29.2 Å². The molecule has 0 saturated carbocycles. The van der Waals surface area contributed by atoms with Crippen molar-refractivity contribution in [1.82, 2.24) is 10.3 Å². The number of nitrogens with one attached hydrogen (secondary N) is 2. The van der Waals surface area contributed by atoms with Crippen LogP contribution in [0.3, 0.4) is 0 Å². The molecule has 2 heterocycles. The lowest BCUT2D eigenvalue weighted by molar-refractivity contribution is 0.0951. The van der Waals surface area contributed by atoms with E-state index in [1.807, 2.05) is 43.3 Å². The number of fused-ring (bicyclic) bond motifs is 1. The maximum atomic E-state index is 12.8. The number of urea groups is 1. The highest BCUT2D eigenvalue weighted by Crippen LogP contribution is 2.32. The van der Waals surface area contributed by atoms with Gasteiger partial charge in [-0.15, -0.1) is 11.8 Å². The van der Waals surface area contributed by atoms with Gasteiger partial charge in [0.1, 0.15) is 5.03 Å². The fourth-order valence-corrected chi connectivity index (χ4v) is 4.23. The maximum absolute atomic E-state index is 12.8. The van der Waals surface area contributed by atoms with Crippen molar-refractivity contribution in [1.29, 1.82) is 0 Å². The average molecular weight is 419 g/mol. The Morgan fingerprint density at radius 1 is 1.10 bits per heavy atom. The molecule has 2 aromatic carbocycles. The van der Waals surface area contributed by atoms with Crippen LogP contribution in [0.1, 0.15) is 21.5 Å². The Bertz CT molecular complexity index is 1090. The average Bonchev–Trinajstić information content (AvgIpc) is 2.77. The minimum atomic E-state index is -0.234. The molecule has 4 rings (SSSR count). The van der Waals surface area contributed by atoms with Crippen molar-refractivity contribution in [2.75, 3.05) is 22.5 Å². The Kier molecular flexibility index (Phi) is 5.99. The minimum absolute atomic E-state index is 0.184. The largest absolute Gasteiger partial charge is 0.348 e. The lowest BCUT2D eigenvalue weighted by Crippen LogP contribution is -2.38. The van der Waals surface area contributed by atoms with Gasteiger partial charge < -0.3 is 10.6 Å². The molecule has 0 radical (unpaired) electrons. The summed E-state index contributed by atoms with van der Waals surface area (Å²) in [6.07, 6.45) is 1.73. The third-order valence-corrected chi connectivity index (χ3v) is 5.73. The summed E-state index contributed by atoms with van der Waals surface area (Å²) < 4.78 is 0. The zero-order valence-corrected chi connectivity index (χ0v) is 17.4. The molecule has 1 aliphatic rings. The number of aromatic nitrogens is 1. The molecule has 0 saturated heterocycles. The van der Waals surface area contributed by atoms with Gasteiger partial charge in [-0.05, 0) is 42.8 Å². The van der Waals surface area contributed by atoms with Crippen LogP contribution in [0.2, 0.25) is 0 Å². The number of nitrogens with zero attached hydrogens (tertiary/aromatic N) is 2. The molecule has 3 amide bonds. The number of carbonyl (C=O) groups excluding carboxylic acids is 2. The molecule has 3 aromatic rings. The minimum Gasteiger partial charge on any atom is -0.348 e. The molecule has 1 aromatic heterocycles. The first-order valence-electron chi connectivity index (χ1n) is 9.70. The van der Waals surface area contributed by atoms with Gasteiger partial charge in [-0.3, -0.25) is 9.69 Å². The van der Waals surface area contributed by atoms with Crippen molar-refractivity contribution >= 4 is 35.1 Å². The SMILES string of the molecule is Cc1cccc(CNC(=O)c2cccc(NC(=O)N3CCSc4ncccc43)c2)c1. The predicted molar refractivity (Wildman–Crippen MR) is 120 cm³/mol. The molecule has 7 heteroatoms. The Labute approximate surface area is 179 Å². The number of pyridine rings is 1. The van der Waals surface area contributed by atoms with Crippen molar-refractivity contribution in [2.24, 2.45) is 0 Å². The fraction of sp³-hybridized carbons (Fsp3) is 0.174. The van der Waals surface area contributed by atoms with Gasteiger partial charge in [0.25, 0.3) is 5.91 Å². The Morgan fingerprint density at radius 2 is 1.97 bits per heavy atom. The molecule has 2 N–H and O–H groups in total. The highest BCUT2D eigenvalue weighted by atomic mass is 32.2. The molecule has 0 unspecified atom stereocenters. The molecule has 0 spiro atoms.